The van der Waals surface area contributed by atoms with Crippen LogP contribution in [0, 0.1) is 0 Å². The van der Waals surface area contributed by atoms with Crippen molar-refractivity contribution in [2.75, 3.05) is 37.1 Å². The Balaban J connectivity index is 2.05. The van der Waals surface area contributed by atoms with Crippen LogP contribution < -0.4 is 15.4 Å². The van der Waals surface area contributed by atoms with Crippen LogP contribution >= 0.6 is 11.8 Å². The zero-order valence-electron chi connectivity index (χ0n) is 18.9. The standard InChI is InChI=1S/C23H31N3O5S2/c1-3-31-15-8-14-24-22(27)18-9-7-10-19(17-18)25-23(28)21(13-16-32-2)26-33(29,30)20-11-5-4-6-12-20/h4-7,9-12,17,21,26H,3,8,13-16H2,1-2H3,(H,24,27)(H,25,28). The molecule has 0 saturated carbocycles. The first-order valence-corrected chi connectivity index (χ1v) is 13.6. The number of anilines is 1. The lowest BCUT2D eigenvalue weighted by molar-refractivity contribution is -0.117. The van der Waals surface area contributed by atoms with Crippen molar-refractivity contribution in [1.29, 1.82) is 0 Å². The van der Waals surface area contributed by atoms with Crippen molar-refractivity contribution >= 4 is 39.3 Å². The van der Waals surface area contributed by atoms with Crippen molar-refractivity contribution < 1.29 is 22.7 Å². The molecule has 0 spiro atoms. The van der Waals surface area contributed by atoms with Gasteiger partial charge in [0.1, 0.15) is 6.04 Å². The van der Waals surface area contributed by atoms with E-state index in [9.17, 15) is 18.0 Å². The fourth-order valence-corrected chi connectivity index (χ4v) is 4.65. The van der Waals surface area contributed by atoms with Crippen LogP contribution in [-0.4, -0.2) is 58.0 Å². The Morgan fingerprint density at radius 3 is 2.55 bits per heavy atom. The van der Waals surface area contributed by atoms with Crippen LogP contribution in [0.1, 0.15) is 30.1 Å². The second-order valence-corrected chi connectivity index (χ2v) is 9.84. The number of sulfonamides is 1. The van der Waals surface area contributed by atoms with Crippen LogP contribution in [0.5, 0.6) is 0 Å². The van der Waals surface area contributed by atoms with E-state index in [1.54, 1.807) is 42.5 Å². The first-order chi connectivity index (χ1) is 15.9. The van der Waals surface area contributed by atoms with Gasteiger partial charge in [-0.2, -0.15) is 16.5 Å². The lowest BCUT2D eigenvalue weighted by atomic mass is 10.1. The van der Waals surface area contributed by atoms with Gasteiger partial charge in [0.15, 0.2) is 0 Å². The number of thioether (sulfide) groups is 1. The number of carbonyl (C=O) groups is 2. The van der Waals surface area contributed by atoms with Crippen LogP contribution in [-0.2, 0) is 19.6 Å². The molecule has 0 saturated heterocycles. The topological polar surface area (TPSA) is 114 Å². The highest BCUT2D eigenvalue weighted by Gasteiger charge is 2.25. The molecule has 33 heavy (non-hydrogen) atoms. The van der Waals surface area contributed by atoms with E-state index in [1.165, 1.54) is 23.9 Å². The minimum atomic E-state index is -3.86. The van der Waals surface area contributed by atoms with E-state index in [0.717, 1.165) is 0 Å². The van der Waals surface area contributed by atoms with Crippen molar-refractivity contribution in [3.05, 3.63) is 60.2 Å². The molecular weight excluding hydrogens is 462 g/mol. The Hall–Kier alpha value is -2.40. The van der Waals surface area contributed by atoms with E-state index in [1.807, 2.05) is 13.2 Å². The van der Waals surface area contributed by atoms with Crippen LogP contribution in [0.4, 0.5) is 5.69 Å². The minimum absolute atomic E-state index is 0.0926. The van der Waals surface area contributed by atoms with Gasteiger partial charge in [-0.25, -0.2) is 8.42 Å². The molecule has 8 nitrogen and oxygen atoms in total. The molecular formula is C23H31N3O5S2. The van der Waals surface area contributed by atoms with E-state index < -0.39 is 22.0 Å². The molecule has 2 rings (SSSR count). The molecule has 0 heterocycles. The zero-order valence-corrected chi connectivity index (χ0v) is 20.5. The maximum Gasteiger partial charge on any atom is 0.251 e. The average Bonchev–Trinajstić information content (AvgIpc) is 2.82. The van der Waals surface area contributed by atoms with Gasteiger partial charge in [0.25, 0.3) is 5.91 Å². The third-order valence-electron chi connectivity index (χ3n) is 4.63. The molecule has 3 N–H and O–H groups in total. The van der Waals surface area contributed by atoms with E-state index in [2.05, 4.69) is 15.4 Å². The van der Waals surface area contributed by atoms with E-state index in [0.29, 0.717) is 49.6 Å². The second kappa shape index (κ2) is 14.0. The zero-order chi connectivity index (χ0) is 24.1. The smallest absolute Gasteiger partial charge is 0.251 e. The molecule has 1 unspecified atom stereocenters. The fraction of sp³-hybridized carbons (Fsp3) is 0.391. The van der Waals surface area contributed by atoms with Gasteiger partial charge in [-0.1, -0.05) is 24.3 Å². The summed E-state index contributed by atoms with van der Waals surface area (Å²) in [5.41, 5.74) is 0.810. The predicted octanol–water partition coefficient (Wildman–Crippen LogP) is 2.88. The highest BCUT2D eigenvalue weighted by molar-refractivity contribution is 7.98. The Bertz CT molecular complexity index is 1000. The summed E-state index contributed by atoms with van der Waals surface area (Å²) in [4.78, 5) is 25.4. The third-order valence-corrected chi connectivity index (χ3v) is 6.76. The summed E-state index contributed by atoms with van der Waals surface area (Å²) in [5.74, 6) is -0.149. The number of hydrogen-bond donors (Lipinski definition) is 3. The SMILES string of the molecule is CCOCCCNC(=O)c1cccc(NC(=O)C(CCSC)NS(=O)(=O)c2ccccc2)c1. The molecule has 2 aromatic rings. The monoisotopic (exact) mass is 493 g/mol. The molecule has 2 aromatic carbocycles. The summed E-state index contributed by atoms with van der Waals surface area (Å²) >= 11 is 1.52. The lowest BCUT2D eigenvalue weighted by Gasteiger charge is -2.18. The van der Waals surface area contributed by atoms with Gasteiger partial charge in [-0.05, 0) is 62.1 Å². The van der Waals surface area contributed by atoms with E-state index in [-0.39, 0.29) is 10.8 Å². The number of rotatable bonds is 14. The van der Waals surface area contributed by atoms with Crippen LogP contribution in [0.25, 0.3) is 0 Å². The van der Waals surface area contributed by atoms with E-state index in [4.69, 9.17) is 4.74 Å². The van der Waals surface area contributed by atoms with Crippen molar-refractivity contribution in [1.82, 2.24) is 10.0 Å². The highest BCUT2D eigenvalue weighted by atomic mass is 32.2. The van der Waals surface area contributed by atoms with Crippen LogP contribution in [0.2, 0.25) is 0 Å². The number of hydrogen-bond acceptors (Lipinski definition) is 6. The summed E-state index contributed by atoms with van der Waals surface area (Å²) in [6, 6.07) is 13.5. The number of benzene rings is 2. The van der Waals surface area contributed by atoms with Crippen molar-refractivity contribution in [2.24, 2.45) is 0 Å². The van der Waals surface area contributed by atoms with Crippen LogP contribution in [0.3, 0.4) is 0 Å². The van der Waals surface area contributed by atoms with E-state index >= 15 is 0 Å². The number of nitrogens with one attached hydrogen (secondary N) is 3. The molecule has 10 heteroatoms. The third kappa shape index (κ3) is 9.17. The minimum Gasteiger partial charge on any atom is -0.382 e. The molecule has 0 bridgehead atoms. The molecule has 0 aliphatic rings. The maximum absolute atomic E-state index is 12.9. The molecule has 0 aliphatic heterocycles. The largest absolute Gasteiger partial charge is 0.382 e. The van der Waals surface area contributed by atoms with Gasteiger partial charge in [-0.3, -0.25) is 9.59 Å². The molecule has 0 radical (unpaired) electrons. The second-order valence-electron chi connectivity index (χ2n) is 7.14. The predicted molar refractivity (Wildman–Crippen MR) is 132 cm³/mol. The first-order valence-electron chi connectivity index (χ1n) is 10.7. The Morgan fingerprint density at radius 1 is 1.09 bits per heavy atom. The van der Waals surface area contributed by atoms with Crippen LogP contribution in [0.15, 0.2) is 59.5 Å². The summed E-state index contributed by atoms with van der Waals surface area (Å²) in [6.45, 7) is 3.60. The Kier molecular flexibility index (Phi) is 11.4. The average molecular weight is 494 g/mol. The highest BCUT2D eigenvalue weighted by Crippen LogP contribution is 2.14. The van der Waals surface area contributed by atoms with Gasteiger partial charge in [-0.15, -0.1) is 0 Å². The summed E-state index contributed by atoms with van der Waals surface area (Å²) < 4.78 is 33.2. The molecule has 2 amide bonds. The molecule has 0 aliphatic carbocycles. The van der Waals surface area contributed by atoms with Gasteiger partial charge >= 0.3 is 0 Å². The summed E-state index contributed by atoms with van der Waals surface area (Å²) in [7, 11) is -3.86. The van der Waals surface area contributed by atoms with Gasteiger partial charge in [0, 0.05) is 31.0 Å². The fourth-order valence-electron chi connectivity index (χ4n) is 2.92. The Labute approximate surface area is 199 Å². The number of ether oxygens (including phenoxy) is 1. The normalized spacial score (nSPS) is 12.2. The van der Waals surface area contributed by atoms with Gasteiger partial charge in [0.05, 0.1) is 4.90 Å². The van der Waals surface area contributed by atoms with Crippen molar-refractivity contribution in [3.63, 3.8) is 0 Å². The number of carbonyl (C=O) groups excluding carboxylic acids is 2. The van der Waals surface area contributed by atoms with Gasteiger partial charge in [0.2, 0.25) is 15.9 Å². The van der Waals surface area contributed by atoms with Crippen molar-refractivity contribution in [2.45, 2.75) is 30.7 Å². The Morgan fingerprint density at radius 2 is 1.85 bits per heavy atom. The summed E-state index contributed by atoms with van der Waals surface area (Å²) in [5, 5.41) is 5.54. The maximum atomic E-state index is 12.9. The molecule has 180 valence electrons. The van der Waals surface area contributed by atoms with Crippen molar-refractivity contribution in [3.8, 4) is 0 Å². The van der Waals surface area contributed by atoms with Gasteiger partial charge < -0.3 is 15.4 Å². The molecule has 0 fully saturated rings. The lowest BCUT2D eigenvalue weighted by Crippen LogP contribution is -2.44. The first kappa shape index (κ1) is 26.8. The number of amides is 2. The quantitative estimate of drug-likeness (QED) is 0.349. The summed E-state index contributed by atoms with van der Waals surface area (Å²) in [6.07, 6.45) is 2.91. The molecule has 1 atom stereocenters. The molecule has 0 aromatic heterocycles.